The molecule has 2 bridgehead atoms. The number of rotatable bonds is 6. The third-order valence-electron chi connectivity index (χ3n) is 5.76. The van der Waals surface area contributed by atoms with Crippen molar-refractivity contribution in [1.29, 1.82) is 0 Å². The van der Waals surface area contributed by atoms with Gasteiger partial charge in [0, 0.05) is 24.7 Å². The normalized spacial score (nSPS) is 26.1. The Bertz CT molecular complexity index is 810. The van der Waals surface area contributed by atoms with E-state index in [1.165, 1.54) is 18.4 Å². The van der Waals surface area contributed by atoms with E-state index in [0.717, 1.165) is 25.8 Å². The van der Waals surface area contributed by atoms with Crippen LogP contribution in [0.5, 0.6) is 0 Å². The van der Waals surface area contributed by atoms with Gasteiger partial charge in [0.1, 0.15) is 0 Å². The van der Waals surface area contributed by atoms with E-state index in [1.807, 2.05) is 6.07 Å². The summed E-state index contributed by atoms with van der Waals surface area (Å²) in [5, 5.41) is 0. The minimum atomic E-state index is -3.42. The SMILES string of the molecule is O=S(=O)(NC1CC2CCC(C1)N2CCc1ccccc1)c1ccccc1. The van der Waals surface area contributed by atoms with Crippen molar-refractivity contribution in [1.82, 2.24) is 9.62 Å². The molecular formula is C21H26N2O2S. The highest BCUT2D eigenvalue weighted by atomic mass is 32.2. The summed E-state index contributed by atoms with van der Waals surface area (Å²) in [4.78, 5) is 2.97. The van der Waals surface area contributed by atoms with Crippen molar-refractivity contribution in [2.45, 2.75) is 55.1 Å². The van der Waals surface area contributed by atoms with Crippen LogP contribution >= 0.6 is 0 Å². The van der Waals surface area contributed by atoms with Gasteiger partial charge in [-0.15, -0.1) is 0 Å². The Morgan fingerprint density at radius 2 is 1.46 bits per heavy atom. The van der Waals surface area contributed by atoms with E-state index in [9.17, 15) is 8.42 Å². The third-order valence-corrected chi connectivity index (χ3v) is 7.30. The first-order valence-electron chi connectivity index (χ1n) is 9.49. The summed E-state index contributed by atoms with van der Waals surface area (Å²) in [6, 6.07) is 20.3. The van der Waals surface area contributed by atoms with E-state index in [-0.39, 0.29) is 6.04 Å². The predicted molar refractivity (Wildman–Crippen MR) is 103 cm³/mol. The number of sulfonamides is 1. The van der Waals surface area contributed by atoms with Crippen LogP contribution in [-0.4, -0.2) is 38.0 Å². The summed E-state index contributed by atoms with van der Waals surface area (Å²) in [5.74, 6) is 0. The summed E-state index contributed by atoms with van der Waals surface area (Å²) in [6.07, 6.45) is 5.26. The maximum absolute atomic E-state index is 12.6. The molecule has 4 rings (SSSR count). The first kappa shape index (κ1) is 17.7. The fraction of sp³-hybridized carbons (Fsp3) is 0.429. The lowest BCUT2D eigenvalue weighted by Crippen LogP contribution is -2.50. The fourth-order valence-electron chi connectivity index (χ4n) is 4.53. The van der Waals surface area contributed by atoms with Crippen LogP contribution in [0, 0.1) is 0 Å². The molecule has 1 N–H and O–H groups in total. The van der Waals surface area contributed by atoms with Gasteiger partial charge in [-0.2, -0.15) is 0 Å². The summed E-state index contributed by atoms with van der Waals surface area (Å²) < 4.78 is 28.2. The molecule has 2 aliphatic heterocycles. The smallest absolute Gasteiger partial charge is 0.240 e. The Hall–Kier alpha value is -1.69. The Morgan fingerprint density at radius 1 is 0.885 bits per heavy atom. The molecule has 2 atom stereocenters. The van der Waals surface area contributed by atoms with Crippen LogP contribution in [-0.2, 0) is 16.4 Å². The van der Waals surface area contributed by atoms with Crippen LogP contribution in [0.15, 0.2) is 65.6 Å². The number of fused-ring (bicyclic) bond motifs is 2. The van der Waals surface area contributed by atoms with Crippen molar-refractivity contribution in [3.05, 3.63) is 66.2 Å². The average molecular weight is 371 g/mol. The van der Waals surface area contributed by atoms with Crippen molar-refractivity contribution in [3.63, 3.8) is 0 Å². The Labute approximate surface area is 156 Å². The molecule has 0 radical (unpaired) electrons. The van der Waals surface area contributed by atoms with Gasteiger partial charge in [0.15, 0.2) is 0 Å². The Morgan fingerprint density at radius 3 is 2.08 bits per heavy atom. The van der Waals surface area contributed by atoms with E-state index in [0.29, 0.717) is 17.0 Å². The first-order valence-corrected chi connectivity index (χ1v) is 11.0. The van der Waals surface area contributed by atoms with Crippen LogP contribution in [0.25, 0.3) is 0 Å². The molecule has 2 aromatic carbocycles. The van der Waals surface area contributed by atoms with E-state index in [2.05, 4.69) is 40.0 Å². The van der Waals surface area contributed by atoms with Crippen molar-refractivity contribution < 1.29 is 8.42 Å². The summed E-state index contributed by atoms with van der Waals surface area (Å²) in [5.41, 5.74) is 1.37. The number of piperidine rings is 1. The molecule has 2 aliphatic rings. The minimum absolute atomic E-state index is 0.0469. The molecule has 0 spiro atoms. The first-order chi connectivity index (χ1) is 12.6. The predicted octanol–water partition coefficient (Wildman–Crippen LogP) is 3.20. The quantitative estimate of drug-likeness (QED) is 0.849. The number of nitrogens with zero attached hydrogens (tertiary/aromatic N) is 1. The van der Waals surface area contributed by atoms with Crippen molar-refractivity contribution in [3.8, 4) is 0 Å². The molecule has 26 heavy (non-hydrogen) atoms. The molecule has 138 valence electrons. The molecule has 2 saturated heterocycles. The maximum Gasteiger partial charge on any atom is 0.240 e. The molecule has 2 aromatic rings. The Kier molecular flexibility index (Phi) is 5.11. The fourth-order valence-corrected chi connectivity index (χ4v) is 5.81. The molecule has 0 aliphatic carbocycles. The molecule has 0 aromatic heterocycles. The molecular weight excluding hydrogens is 344 g/mol. The zero-order chi connectivity index (χ0) is 18.0. The highest BCUT2D eigenvalue weighted by Crippen LogP contribution is 2.36. The van der Waals surface area contributed by atoms with Crippen molar-refractivity contribution >= 4 is 10.0 Å². The lowest BCUT2D eigenvalue weighted by Gasteiger charge is -2.39. The second-order valence-corrected chi connectivity index (χ2v) is 9.18. The number of nitrogens with one attached hydrogen (secondary N) is 1. The second kappa shape index (κ2) is 7.51. The largest absolute Gasteiger partial charge is 0.297 e. The summed E-state index contributed by atoms with van der Waals surface area (Å²) in [7, 11) is -3.42. The standard InChI is InChI=1S/C21H26N2O2S/c24-26(25,21-9-5-2-6-10-21)22-18-15-19-11-12-20(16-18)23(19)14-13-17-7-3-1-4-8-17/h1-10,18-20,22H,11-16H2. The van der Waals surface area contributed by atoms with Gasteiger partial charge >= 0.3 is 0 Å². The molecule has 0 saturated carbocycles. The van der Waals surface area contributed by atoms with Crippen LogP contribution in [0.4, 0.5) is 0 Å². The highest BCUT2D eigenvalue weighted by molar-refractivity contribution is 7.89. The van der Waals surface area contributed by atoms with Gasteiger partial charge in [-0.25, -0.2) is 13.1 Å². The van der Waals surface area contributed by atoms with Gasteiger partial charge in [-0.1, -0.05) is 48.5 Å². The monoisotopic (exact) mass is 370 g/mol. The van der Waals surface area contributed by atoms with Crippen LogP contribution < -0.4 is 4.72 Å². The maximum atomic E-state index is 12.6. The molecule has 0 amide bonds. The third kappa shape index (κ3) is 3.85. The van der Waals surface area contributed by atoms with Gasteiger partial charge < -0.3 is 0 Å². The van der Waals surface area contributed by atoms with Crippen molar-refractivity contribution in [2.75, 3.05) is 6.54 Å². The van der Waals surface area contributed by atoms with Crippen LogP contribution in [0.2, 0.25) is 0 Å². The van der Waals surface area contributed by atoms with E-state index < -0.39 is 10.0 Å². The van der Waals surface area contributed by atoms with Gasteiger partial charge in [-0.3, -0.25) is 4.90 Å². The topological polar surface area (TPSA) is 49.4 Å². The van der Waals surface area contributed by atoms with Crippen molar-refractivity contribution in [2.24, 2.45) is 0 Å². The van der Waals surface area contributed by atoms with Gasteiger partial charge in [-0.05, 0) is 49.8 Å². The van der Waals surface area contributed by atoms with Gasteiger partial charge in [0.25, 0.3) is 0 Å². The van der Waals surface area contributed by atoms with E-state index in [4.69, 9.17) is 0 Å². The van der Waals surface area contributed by atoms with Crippen LogP contribution in [0.3, 0.4) is 0 Å². The molecule has 5 heteroatoms. The molecule has 2 unspecified atom stereocenters. The van der Waals surface area contributed by atoms with Crippen LogP contribution in [0.1, 0.15) is 31.2 Å². The zero-order valence-electron chi connectivity index (χ0n) is 14.9. The van der Waals surface area contributed by atoms with Gasteiger partial charge in [0.2, 0.25) is 10.0 Å². The summed E-state index contributed by atoms with van der Waals surface area (Å²) in [6.45, 7) is 1.07. The van der Waals surface area contributed by atoms with Gasteiger partial charge in [0.05, 0.1) is 4.90 Å². The average Bonchev–Trinajstić information content (AvgIpc) is 2.90. The number of hydrogen-bond acceptors (Lipinski definition) is 3. The second-order valence-electron chi connectivity index (χ2n) is 7.46. The molecule has 2 heterocycles. The zero-order valence-corrected chi connectivity index (χ0v) is 15.7. The summed E-state index contributed by atoms with van der Waals surface area (Å²) >= 11 is 0. The minimum Gasteiger partial charge on any atom is -0.297 e. The number of benzene rings is 2. The number of hydrogen-bond donors (Lipinski definition) is 1. The van der Waals surface area contributed by atoms with E-state index >= 15 is 0 Å². The molecule has 2 fully saturated rings. The van der Waals surface area contributed by atoms with E-state index in [1.54, 1.807) is 24.3 Å². The lowest BCUT2D eigenvalue weighted by atomic mass is 9.97. The Balaban J connectivity index is 1.37. The lowest BCUT2D eigenvalue weighted by molar-refractivity contribution is 0.125. The molecule has 4 nitrogen and oxygen atoms in total. The highest BCUT2D eigenvalue weighted by Gasteiger charge is 2.41.